The molecule has 0 aliphatic carbocycles. The lowest BCUT2D eigenvalue weighted by atomic mass is 10.1. The lowest BCUT2D eigenvalue weighted by Gasteiger charge is -2.26. The Bertz CT molecular complexity index is 418. The van der Waals surface area contributed by atoms with Crippen LogP contribution in [0.1, 0.15) is 37.6 Å². The van der Waals surface area contributed by atoms with E-state index in [-0.39, 0.29) is 0 Å². The van der Waals surface area contributed by atoms with Gasteiger partial charge in [-0.25, -0.2) is 4.98 Å². The molecular formula is C16H29N3O. The number of nitrogens with zero attached hydrogens (tertiary/aromatic N) is 2. The van der Waals surface area contributed by atoms with Crippen LogP contribution in [0.15, 0.2) is 6.07 Å². The van der Waals surface area contributed by atoms with Crippen molar-refractivity contribution in [3.05, 3.63) is 22.9 Å². The number of aromatic nitrogens is 1. The predicted molar refractivity (Wildman–Crippen MR) is 85.4 cm³/mol. The van der Waals surface area contributed by atoms with Crippen LogP contribution in [-0.2, 0) is 11.3 Å². The van der Waals surface area contributed by atoms with E-state index in [9.17, 15) is 0 Å². The fraction of sp³-hybridized carbons (Fsp3) is 0.688. The van der Waals surface area contributed by atoms with Crippen LogP contribution in [0.3, 0.4) is 0 Å². The van der Waals surface area contributed by atoms with E-state index >= 15 is 0 Å². The van der Waals surface area contributed by atoms with Crippen LogP contribution in [0.4, 0.5) is 5.82 Å². The number of aryl methyl sites for hydroxylation is 2. The third-order valence-electron chi connectivity index (χ3n) is 3.39. The summed E-state index contributed by atoms with van der Waals surface area (Å²) in [4.78, 5) is 7.06. The van der Waals surface area contributed by atoms with Gasteiger partial charge in [-0.15, -0.1) is 0 Å². The van der Waals surface area contributed by atoms with E-state index in [0.717, 1.165) is 37.8 Å². The SMILES string of the molecule is CCN(CCOC)c1nc(C)cc(C)c1CNC(C)C. The van der Waals surface area contributed by atoms with Crippen molar-refractivity contribution in [1.29, 1.82) is 0 Å². The van der Waals surface area contributed by atoms with Gasteiger partial charge in [-0.05, 0) is 32.4 Å². The summed E-state index contributed by atoms with van der Waals surface area (Å²) in [5, 5.41) is 3.50. The molecule has 1 N–H and O–H groups in total. The van der Waals surface area contributed by atoms with Crippen LogP contribution < -0.4 is 10.2 Å². The average molecular weight is 279 g/mol. The van der Waals surface area contributed by atoms with Crippen molar-refractivity contribution >= 4 is 5.82 Å². The molecule has 0 atom stereocenters. The summed E-state index contributed by atoms with van der Waals surface area (Å²) in [5.41, 5.74) is 3.67. The Hall–Kier alpha value is -1.13. The van der Waals surface area contributed by atoms with Gasteiger partial charge in [0.25, 0.3) is 0 Å². The number of nitrogens with one attached hydrogen (secondary N) is 1. The van der Waals surface area contributed by atoms with Crippen LogP contribution in [-0.4, -0.2) is 37.8 Å². The van der Waals surface area contributed by atoms with Crippen molar-refractivity contribution in [1.82, 2.24) is 10.3 Å². The Kier molecular flexibility index (Phi) is 6.96. The van der Waals surface area contributed by atoms with Gasteiger partial charge in [-0.3, -0.25) is 0 Å². The number of pyridine rings is 1. The number of anilines is 1. The summed E-state index contributed by atoms with van der Waals surface area (Å²) in [6.45, 7) is 14.1. The molecule has 1 heterocycles. The second-order valence-electron chi connectivity index (χ2n) is 5.49. The van der Waals surface area contributed by atoms with Crippen LogP contribution in [0.25, 0.3) is 0 Å². The Morgan fingerprint density at radius 1 is 1.35 bits per heavy atom. The minimum Gasteiger partial charge on any atom is -0.383 e. The molecule has 0 saturated heterocycles. The second-order valence-corrected chi connectivity index (χ2v) is 5.49. The highest BCUT2D eigenvalue weighted by Gasteiger charge is 2.14. The largest absolute Gasteiger partial charge is 0.383 e. The van der Waals surface area contributed by atoms with Crippen LogP contribution >= 0.6 is 0 Å². The van der Waals surface area contributed by atoms with Crippen molar-refractivity contribution < 1.29 is 4.74 Å². The number of ether oxygens (including phenoxy) is 1. The van der Waals surface area contributed by atoms with Crippen LogP contribution in [0, 0.1) is 13.8 Å². The Labute approximate surface area is 123 Å². The summed E-state index contributed by atoms with van der Waals surface area (Å²) in [5.74, 6) is 1.09. The summed E-state index contributed by atoms with van der Waals surface area (Å²) < 4.78 is 5.21. The highest BCUT2D eigenvalue weighted by atomic mass is 16.5. The highest BCUT2D eigenvalue weighted by molar-refractivity contribution is 5.51. The molecule has 0 aliphatic rings. The molecule has 4 nitrogen and oxygen atoms in total. The summed E-state index contributed by atoms with van der Waals surface area (Å²) in [6, 6.07) is 2.63. The monoisotopic (exact) mass is 279 g/mol. The number of hydrogen-bond acceptors (Lipinski definition) is 4. The van der Waals surface area contributed by atoms with Gasteiger partial charge in [-0.2, -0.15) is 0 Å². The molecule has 4 heteroatoms. The van der Waals surface area contributed by atoms with Gasteiger partial charge in [-0.1, -0.05) is 13.8 Å². The number of methoxy groups -OCH3 is 1. The first kappa shape index (κ1) is 16.9. The normalized spacial score (nSPS) is 11.2. The zero-order valence-corrected chi connectivity index (χ0v) is 13.8. The third-order valence-corrected chi connectivity index (χ3v) is 3.39. The lowest BCUT2D eigenvalue weighted by molar-refractivity contribution is 0.205. The highest BCUT2D eigenvalue weighted by Crippen LogP contribution is 2.22. The van der Waals surface area contributed by atoms with Gasteiger partial charge in [0.15, 0.2) is 0 Å². The fourth-order valence-corrected chi connectivity index (χ4v) is 2.25. The lowest BCUT2D eigenvalue weighted by Crippen LogP contribution is -2.31. The average Bonchev–Trinajstić information content (AvgIpc) is 2.38. The molecule has 0 radical (unpaired) electrons. The number of likely N-dealkylation sites (N-methyl/N-ethyl adjacent to an activating group) is 1. The van der Waals surface area contributed by atoms with E-state index in [1.165, 1.54) is 11.1 Å². The minimum atomic E-state index is 0.470. The first-order valence-electron chi connectivity index (χ1n) is 7.44. The van der Waals surface area contributed by atoms with Crippen molar-refractivity contribution in [3.63, 3.8) is 0 Å². The van der Waals surface area contributed by atoms with E-state index in [1.807, 2.05) is 0 Å². The maximum atomic E-state index is 5.21. The summed E-state index contributed by atoms with van der Waals surface area (Å²) in [6.07, 6.45) is 0. The molecule has 114 valence electrons. The van der Waals surface area contributed by atoms with E-state index in [0.29, 0.717) is 6.04 Å². The van der Waals surface area contributed by atoms with Crippen LogP contribution in [0.5, 0.6) is 0 Å². The van der Waals surface area contributed by atoms with Crippen LogP contribution in [0.2, 0.25) is 0 Å². The van der Waals surface area contributed by atoms with Crippen molar-refractivity contribution in [2.75, 3.05) is 31.7 Å². The van der Waals surface area contributed by atoms with Crippen molar-refractivity contribution in [3.8, 4) is 0 Å². The van der Waals surface area contributed by atoms with Crippen molar-refractivity contribution in [2.24, 2.45) is 0 Å². The van der Waals surface area contributed by atoms with Gasteiger partial charge in [0.05, 0.1) is 6.61 Å². The van der Waals surface area contributed by atoms with E-state index in [1.54, 1.807) is 7.11 Å². The molecular weight excluding hydrogens is 250 g/mol. The third kappa shape index (κ3) is 4.76. The maximum Gasteiger partial charge on any atom is 0.133 e. The standard InChI is InChI=1S/C16H29N3O/c1-7-19(8-9-20-6)16-15(11-17-12(2)3)13(4)10-14(5)18-16/h10,12,17H,7-9,11H2,1-6H3. The zero-order valence-electron chi connectivity index (χ0n) is 13.8. The molecule has 0 amide bonds. The van der Waals surface area contributed by atoms with Gasteiger partial charge in [0.2, 0.25) is 0 Å². The molecule has 0 bridgehead atoms. The summed E-state index contributed by atoms with van der Waals surface area (Å²) >= 11 is 0. The first-order valence-corrected chi connectivity index (χ1v) is 7.44. The first-order chi connectivity index (χ1) is 9.49. The molecule has 0 saturated carbocycles. The van der Waals surface area contributed by atoms with E-state index in [4.69, 9.17) is 9.72 Å². The zero-order chi connectivity index (χ0) is 15.1. The van der Waals surface area contributed by atoms with Gasteiger partial charge >= 0.3 is 0 Å². The molecule has 20 heavy (non-hydrogen) atoms. The van der Waals surface area contributed by atoms with Gasteiger partial charge < -0.3 is 15.0 Å². The molecule has 0 aliphatic heterocycles. The predicted octanol–water partition coefficient (Wildman–Crippen LogP) is 2.67. The molecule has 1 aromatic rings. The molecule has 0 aromatic carbocycles. The van der Waals surface area contributed by atoms with Gasteiger partial charge in [0, 0.05) is 44.0 Å². The smallest absolute Gasteiger partial charge is 0.133 e. The van der Waals surface area contributed by atoms with Gasteiger partial charge in [0.1, 0.15) is 5.82 Å². The molecule has 0 fully saturated rings. The quantitative estimate of drug-likeness (QED) is 0.794. The van der Waals surface area contributed by atoms with Crippen molar-refractivity contribution in [2.45, 2.75) is 47.2 Å². The van der Waals surface area contributed by atoms with E-state index < -0.39 is 0 Å². The Balaban J connectivity index is 3.06. The topological polar surface area (TPSA) is 37.4 Å². The maximum absolute atomic E-state index is 5.21. The Morgan fingerprint density at radius 2 is 2.05 bits per heavy atom. The number of rotatable bonds is 8. The summed E-state index contributed by atoms with van der Waals surface area (Å²) in [7, 11) is 1.74. The second kappa shape index (κ2) is 8.22. The van der Waals surface area contributed by atoms with E-state index in [2.05, 4.69) is 50.9 Å². The number of hydrogen-bond donors (Lipinski definition) is 1. The molecule has 1 rings (SSSR count). The molecule has 1 aromatic heterocycles. The minimum absolute atomic E-state index is 0.470. The molecule has 0 spiro atoms. The Morgan fingerprint density at radius 3 is 2.60 bits per heavy atom. The molecule has 0 unspecified atom stereocenters. The fourth-order valence-electron chi connectivity index (χ4n) is 2.25.